The molecule has 1 N–H and O–H groups in total. The van der Waals surface area contributed by atoms with E-state index in [1.54, 1.807) is 0 Å². The van der Waals surface area contributed by atoms with Gasteiger partial charge >= 0.3 is 0 Å². The summed E-state index contributed by atoms with van der Waals surface area (Å²) in [4.78, 5) is 2.44. The predicted octanol–water partition coefficient (Wildman–Crippen LogP) is 3.22. The molecule has 2 aliphatic rings. The Hall–Kier alpha value is -1.84. The number of fused-ring (bicyclic) bond motifs is 3. The highest BCUT2D eigenvalue weighted by molar-refractivity contribution is 5.80. The first kappa shape index (κ1) is 13.8. The van der Waals surface area contributed by atoms with Crippen LogP contribution in [0.2, 0.25) is 0 Å². The van der Waals surface area contributed by atoms with Gasteiger partial charge in [-0.2, -0.15) is 0 Å². The van der Waals surface area contributed by atoms with Gasteiger partial charge in [-0.1, -0.05) is 36.4 Å². The lowest BCUT2D eigenvalue weighted by Gasteiger charge is -2.17. The van der Waals surface area contributed by atoms with Crippen molar-refractivity contribution in [3.05, 3.63) is 53.6 Å². The highest BCUT2D eigenvalue weighted by Gasteiger charge is 2.29. The highest BCUT2D eigenvalue weighted by atomic mass is 16.5. The van der Waals surface area contributed by atoms with Crippen LogP contribution < -0.4 is 4.74 Å². The fourth-order valence-electron chi connectivity index (χ4n) is 3.61. The quantitative estimate of drug-likeness (QED) is 0.940. The van der Waals surface area contributed by atoms with E-state index in [0.29, 0.717) is 6.61 Å². The van der Waals surface area contributed by atoms with Gasteiger partial charge in [-0.25, -0.2) is 0 Å². The summed E-state index contributed by atoms with van der Waals surface area (Å²) < 4.78 is 6.01. The Bertz CT molecular complexity index is 677. The number of benzene rings is 2. The van der Waals surface area contributed by atoms with Crippen LogP contribution in [0.5, 0.6) is 5.75 Å². The van der Waals surface area contributed by atoms with Gasteiger partial charge in [0.25, 0.3) is 0 Å². The molecular formula is C19H21NO2. The molecule has 0 bridgehead atoms. The van der Waals surface area contributed by atoms with Crippen LogP contribution in [0.25, 0.3) is 11.1 Å². The Balaban J connectivity index is 1.55. The molecule has 0 saturated carbocycles. The lowest BCUT2D eigenvalue weighted by atomic mass is 10.1. The lowest BCUT2D eigenvalue weighted by molar-refractivity contribution is 0.206. The first-order valence-corrected chi connectivity index (χ1v) is 8.10. The smallest absolute Gasteiger partial charge is 0.126 e. The van der Waals surface area contributed by atoms with Crippen LogP contribution in [0.3, 0.4) is 0 Å². The summed E-state index contributed by atoms with van der Waals surface area (Å²) >= 11 is 0. The average molecular weight is 295 g/mol. The van der Waals surface area contributed by atoms with E-state index in [1.807, 2.05) is 30.3 Å². The Morgan fingerprint density at radius 1 is 1.00 bits per heavy atom. The molecule has 0 spiro atoms. The number of aliphatic hydroxyl groups is 1. The molecule has 0 radical (unpaired) electrons. The van der Waals surface area contributed by atoms with Crippen molar-refractivity contribution in [3.8, 4) is 16.9 Å². The van der Waals surface area contributed by atoms with Crippen molar-refractivity contribution in [2.24, 2.45) is 0 Å². The van der Waals surface area contributed by atoms with Crippen LogP contribution in [0, 0.1) is 0 Å². The van der Waals surface area contributed by atoms with Gasteiger partial charge < -0.3 is 9.84 Å². The number of ether oxygens (including phenoxy) is 1. The largest absolute Gasteiger partial charge is 0.492 e. The summed E-state index contributed by atoms with van der Waals surface area (Å²) in [7, 11) is 0. The minimum Gasteiger partial charge on any atom is -0.492 e. The molecule has 0 unspecified atom stereocenters. The fourth-order valence-corrected chi connectivity index (χ4v) is 3.61. The van der Waals surface area contributed by atoms with Crippen LogP contribution >= 0.6 is 0 Å². The lowest BCUT2D eigenvalue weighted by Crippen LogP contribution is -2.25. The third-order valence-electron chi connectivity index (χ3n) is 4.75. The second kappa shape index (κ2) is 5.75. The SMILES string of the molecule is O[C@H]1c2ccccc2-c2cccc(OCCN3CCCC3)c21. The van der Waals surface area contributed by atoms with Crippen molar-refractivity contribution in [1.82, 2.24) is 4.90 Å². The molecule has 1 fully saturated rings. The van der Waals surface area contributed by atoms with E-state index < -0.39 is 6.10 Å². The molecular weight excluding hydrogens is 274 g/mol. The Kier molecular flexibility index (Phi) is 3.60. The van der Waals surface area contributed by atoms with Crippen LogP contribution in [0.4, 0.5) is 0 Å². The highest BCUT2D eigenvalue weighted by Crippen LogP contribution is 2.47. The van der Waals surface area contributed by atoms with E-state index in [2.05, 4.69) is 17.0 Å². The second-order valence-corrected chi connectivity index (χ2v) is 6.10. The summed E-state index contributed by atoms with van der Waals surface area (Å²) in [6.45, 7) is 4.01. The number of nitrogens with zero attached hydrogens (tertiary/aromatic N) is 1. The third kappa shape index (κ3) is 2.31. The van der Waals surface area contributed by atoms with Crippen LogP contribution in [-0.2, 0) is 0 Å². The van der Waals surface area contributed by atoms with E-state index in [9.17, 15) is 5.11 Å². The van der Waals surface area contributed by atoms with Crippen molar-refractivity contribution >= 4 is 0 Å². The zero-order valence-electron chi connectivity index (χ0n) is 12.7. The number of hydrogen-bond donors (Lipinski definition) is 1. The monoisotopic (exact) mass is 295 g/mol. The van der Waals surface area contributed by atoms with Gasteiger partial charge in [-0.05, 0) is 48.7 Å². The molecule has 0 aromatic heterocycles. The van der Waals surface area contributed by atoms with Crippen molar-refractivity contribution < 1.29 is 9.84 Å². The van der Waals surface area contributed by atoms with Crippen molar-refractivity contribution in [2.45, 2.75) is 18.9 Å². The molecule has 1 aliphatic carbocycles. The molecule has 3 nitrogen and oxygen atoms in total. The molecule has 2 aromatic carbocycles. The van der Waals surface area contributed by atoms with Crippen molar-refractivity contribution in [2.75, 3.05) is 26.2 Å². The average Bonchev–Trinajstić information content (AvgIpc) is 3.16. The molecule has 0 amide bonds. The standard InChI is InChI=1S/C19H21NO2/c21-19-16-7-2-1-6-14(16)15-8-5-9-17(18(15)19)22-13-12-20-10-3-4-11-20/h1-2,5-9,19,21H,3-4,10-13H2/t19-/m0/s1. The Morgan fingerprint density at radius 3 is 2.64 bits per heavy atom. The first-order valence-electron chi connectivity index (χ1n) is 8.10. The third-order valence-corrected chi connectivity index (χ3v) is 4.75. The van der Waals surface area contributed by atoms with Crippen LogP contribution in [0.1, 0.15) is 30.1 Å². The number of likely N-dealkylation sites (tertiary alicyclic amines) is 1. The number of hydrogen-bond acceptors (Lipinski definition) is 3. The number of aliphatic hydroxyl groups excluding tert-OH is 1. The number of rotatable bonds is 4. The minimum absolute atomic E-state index is 0.575. The topological polar surface area (TPSA) is 32.7 Å². The van der Waals surface area contributed by atoms with Gasteiger partial charge in [0, 0.05) is 12.1 Å². The van der Waals surface area contributed by atoms with Gasteiger partial charge in [0.2, 0.25) is 0 Å². The van der Waals surface area contributed by atoms with Gasteiger partial charge in [-0.15, -0.1) is 0 Å². The molecule has 1 heterocycles. The van der Waals surface area contributed by atoms with Crippen molar-refractivity contribution in [1.29, 1.82) is 0 Å². The zero-order valence-corrected chi connectivity index (χ0v) is 12.7. The summed E-state index contributed by atoms with van der Waals surface area (Å²) in [6, 6.07) is 14.1. The maximum absolute atomic E-state index is 10.6. The predicted molar refractivity (Wildman–Crippen MR) is 87.1 cm³/mol. The second-order valence-electron chi connectivity index (χ2n) is 6.10. The maximum Gasteiger partial charge on any atom is 0.126 e. The van der Waals surface area contributed by atoms with E-state index in [1.165, 1.54) is 25.9 Å². The molecule has 1 atom stereocenters. The Labute approximate surface area is 131 Å². The normalized spacial score (nSPS) is 20.0. The van der Waals surface area contributed by atoms with Crippen molar-refractivity contribution in [3.63, 3.8) is 0 Å². The van der Waals surface area contributed by atoms with Gasteiger partial charge in [0.1, 0.15) is 18.5 Å². The fraction of sp³-hybridized carbons (Fsp3) is 0.368. The summed E-state index contributed by atoms with van der Waals surface area (Å²) in [5, 5.41) is 10.6. The van der Waals surface area contributed by atoms with Gasteiger partial charge in [0.15, 0.2) is 0 Å². The van der Waals surface area contributed by atoms with E-state index in [4.69, 9.17) is 4.74 Å². The summed E-state index contributed by atoms with van der Waals surface area (Å²) in [5.74, 6) is 0.820. The molecule has 2 aromatic rings. The van der Waals surface area contributed by atoms with Gasteiger partial charge in [-0.3, -0.25) is 4.90 Å². The van der Waals surface area contributed by atoms with E-state index in [-0.39, 0.29) is 0 Å². The van der Waals surface area contributed by atoms with Crippen LogP contribution in [-0.4, -0.2) is 36.2 Å². The summed E-state index contributed by atoms with van der Waals surface area (Å²) in [5.41, 5.74) is 4.12. The van der Waals surface area contributed by atoms with Crippen LogP contribution in [0.15, 0.2) is 42.5 Å². The molecule has 4 rings (SSSR count). The zero-order chi connectivity index (χ0) is 14.9. The molecule has 1 saturated heterocycles. The molecule has 1 aliphatic heterocycles. The Morgan fingerprint density at radius 2 is 1.77 bits per heavy atom. The minimum atomic E-state index is -0.575. The maximum atomic E-state index is 10.6. The van der Waals surface area contributed by atoms with Gasteiger partial charge in [0.05, 0.1) is 0 Å². The first-order chi connectivity index (χ1) is 10.8. The summed E-state index contributed by atoms with van der Waals surface area (Å²) in [6.07, 6.45) is 2.03. The van der Waals surface area contributed by atoms with E-state index >= 15 is 0 Å². The molecule has 22 heavy (non-hydrogen) atoms. The molecule has 114 valence electrons. The molecule has 3 heteroatoms. The van der Waals surface area contributed by atoms with E-state index in [0.717, 1.165) is 34.5 Å².